The van der Waals surface area contributed by atoms with Crippen molar-refractivity contribution < 1.29 is 43.9 Å². The predicted octanol–water partition coefficient (Wildman–Crippen LogP) is 6.41. The van der Waals surface area contributed by atoms with Crippen molar-refractivity contribution in [3.05, 3.63) is 84.6 Å². The van der Waals surface area contributed by atoms with Gasteiger partial charge in [-0.1, -0.05) is 101 Å². The van der Waals surface area contributed by atoms with Crippen molar-refractivity contribution in [2.75, 3.05) is 13.2 Å². The van der Waals surface area contributed by atoms with E-state index in [1.807, 2.05) is 56.4 Å². The summed E-state index contributed by atoms with van der Waals surface area (Å²) in [4.78, 5) is 25.9. The Hall–Kier alpha value is -3.08. The van der Waals surface area contributed by atoms with Gasteiger partial charge < -0.3 is 34.3 Å². The van der Waals surface area contributed by atoms with Gasteiger partial charge in [0.2, 0.25) is 6.10 Å². The van der Waals surface area contributed by atoms with Gasteiger partial charge in [0, 0.05) is 36.7 Å². The highest BCUT2D eigenvalue weighted by Gasteiger charge is 2.46. The first kappa shape index (κ1) is 41.3. The maximum atomic E-state index is 13.1. The molecule has 0 saturated carbocycles. The molecule has 3 heterocycles. The Morgan fingerprint density at radius 2 is 1.80 bits per heavy atom. The van der Waals surface area contributed by atoms with Gasteiger partial charge in [-0.15, -0.1) is 0 Å². The second-order valence-electron chi connectivity index (χ2n) is 14.6. The molecule has 9 heteroatoms. The van der Waals surface area contributed by atoms with Gasteiger partial charge in [0.1, 0.15) is 6.61 Å². The van der Waals surface area contributed by atoms with E-state index in [2.05, 4.69) is 20.4 Å². The molecule has 2 fully saturated rings. The fraction of sp³-hybridized carbons (Fsp3) is 0.610. The third-order valence-corrected chi connectivity index (χ3v) is 9.80. The molecule has 2 saturated heterocycles. The molecule has 3 N–H and O–H groups in total. The van der Waals surface area contributed by atoms with E-state index >= 15 is 0 Å². The fourth-order valence-corrected chi connectivity index (χ4v) is 6.19. The molecule has 9 atom stereocenters. The van der Waals surface area contributed by atoms with Gasteiger partial charge in [0.05, 0.1) is 43.2 Å². The molecule has 0 spiro atoms. The highest BCUT2D eigenvalue weighted by Crippen LogP contribution is 2.39. The smallest absolute Gasteiger partial charge is 0.348 e. The van der Waals surface area contributed by atoms with Crippen LogP contribution in [0.2, 0.25) is 0 Å². The Balaban J connectivity index is 1.82. The summed E-state index contributed by atoms with van der Waals surface area (Å²) in [5.74, 6) is -0.927. The molecule has 0 aliphatic carbocycles. The molecule has 278 valence electrons. The van der Waals surface area contributed by atoms with Crippen LogP contribution >= 0.6 is 0 Å². The normalized spacial score (nSPS) is 37.5. The lowest BCUT2D eigenvalue weighted by Gasteiger charge is -2.46. The molecule has 0 radical (unpaired) electrons. The lowest BCUT2D eigenvalue weighted by Crippen LogP contribution is -2.53. The predicted molar refractivity (Wildman–Crippen MR) is 195 cm³/mol. The van der Waals surface area contributed by atoms with Crippen molar-refractivity contribution in [2.24, 2.45) is 17.3 Å². The number of aliphatic hydroxyl groups excluding tert-OH is 3. The zero-order valence-electron chi connectivity index (χ0n) is 30.6. The van der Waals surface area contributed by atoms with E-state index in [0.29, 0.717) is 38.0 Å². The molecule has 0 aromatic heterocycles. The zero-order valence-corrected chi connectivity index (χ0v) is 30.6. The lowest BCUT2D eigenvalue weighted by atomic mass is 9.73. The van der Waals surface area contributed by atoms with Crippen LogP contribution in [-0.4, -0.2) is 83.2 Å². The van der Waals surface area contributed by atoms with Crippen LogP contribution in [0, 0.1) is 17.3 Å². The Morgan fingerprint density at radius 1 is 1.04 bits per heavy atom. The highest BCUT2D eigenvalue weighted by molar-refractivity contribution is 5.86. The van der Waals surface area contributed by atoms with Crippen LogP contribution in [-0.2, 0) is 28.5 Å². The van der Waals surface area contributed by atoms with Gasteiger partial charge in [-0.25, -0.2) is 9.59 Å². The Morgan fingerprint density at radius 3 is 2.54 bits per heavy atom. The van der Waals surface area contributed by atoms with E-state index in [9.17, 15) is 24.9 Å². The van der Waals surface area contributed by atoms with Gasteiger partial charge in [0.25, 0.3) is 0 Å². The van der Waals surface area contributed by atoms with Gasteiger partial charge in [-0.2, -0.15) is 0 Å². The molecule has 3 aliphatic heterocycles. The Bertz CT molecular complexity index is 1290. The average molecular weight is 697 g/mol. The van der Waals surface area contributed by atoms with E-state index < -0.39 is 41.8 Å². The summed E-state index contributed by atoms with van der Waals surface area (Å²) in [6.07, 6.45) is 20.5. The van der Waals surface area contributed by atoms with Crippen LogP contribution < -0.4 is 0 Å². The molecule has 50 heavy (non-hydrogen) atoms. The largest absolute Gasteiger partial charge is 0.458 e. The number of allylic oxidation sites excluding steroid dienone is 6. The summed E-state index contributed by atoms with van der Waals surface area (Å²) in [5.41, 5.74) is 0.931. The van der Waals surface area contributed by atoms with Gasteiger partial charge >= 0.3 is 11.9 Å². The Kier molecular flexibility index (Phi) is 17.1. The number of carbonyl (C=O) groups excluding carboxylic acids is 2. The number of aliphatic hydroxyl groups is 3. The van der Waals surface area contributed by atoms with E-state index in [-0.39, 0.29) is 43.9 Å². The number of carbonyl (C=O) groups is 2. The highest BCUT2D eigenvalue weighted by atomic mass is 16.6. The molecule has 0 amide bonds. The molecular weight excluding hydrogens is 636 g/mol. The lowest BCUT2D eigenvalue weighted by molar-refractivity contribution is -0.179. The third kappa shape index (κ3) is 13.2. The first-order valence-electron chi connectivity index (χ1n) is 18.1. The summed E-state index contributed by atoms with van der Waals surface area (Å²) in [5, 5.41) is 32.0. The number of cyclic esters (lactones) is 1. The van der Waals surface area contributed by atoms with Gasteiger partial charge in [0.15, 0.2) is 0 Å². The van der Waals surface area contributed by atoms with Crippen LogP contribution in [0.4, 0.5) is 0 Å². The molecule has 4 bridgehead atoms. The molecule has 0 unspecified atom stereocenters. The minimum Gasteiger partial charge on any atom is -0.458 e. The van der Waals surface area contributed by atoms with Crippen LogP contribution in [0.1, 0.15) is 86.0 Å². The second-order valence-corrected chi connectivity index (χ2v) is 14.6. The molecule has 0 aromatic rings. The Labute approximate surface area is 299 Å². The van der Waals surface area contributed by atoms with E-state index in [0.717, 1.165) is 24.0 Å². The minimum atomic E-state index is -1.18. The number of hydrogen-bond acceptors (Lipinski definition) is 9. The van der Waals surface area contributed by atoms with Crippen molar-refractivity contribution in [2.45, 2.75) is 129 Å². The number of fused-ring (bicyclic) bond motifs is 4. The van der Waals surface area contributed by atoms with Crippen LogP contribution in [0.5, 0.6) is 0 Å². The molecule has 9 nitrogen and oxygen atoms in total. The maximum absolute atomic E-state index is 13.1. The monoisotopic (exact) mass is 696 g/mol. The zero-order chi connectivity index (χ0) is 36.7. The number of rotatable bonds is 7. The summed E-state index contributed by atoms with van der Waals surface area (Å²) in [6.45, 7) is 13.8. The average Bonchev–Trinajstić information content (AvgIpc) is 3.07. The molecule has 0 aromatic carbocycles. The fourth-order valence-electron chi connectivity index (χ4n) is 6.19. The van der Waals surface area contributed by atoms with Crippen LogP contribution in [0.15, 0.2) is 84.6 Å². The first-order valence-corrected chi connectivity index (χ1v) is 18.1. The quantitative estimate of drug-likeness (QED) is 0.204. The third-order valence-electron chi connectivity index (χ3n) is 9.80. The van der Waals surface area contributed by atoms with Gasteiger partial charge in [-0.05, 0) is 50.5 Å². The van der Waals surface area contributed by atoms with E-state index in [4.69, 9.17) is 18.9 Å². The van der Waals surface area contributed by atoms with E-state index in [1.165, 1.54) is 6.08 Å². The van der Waals surface area contributed by atoms with Crippen molar-refractivity contribution in [1.29, 1.82) is 0 Å². The molecule has 3 rings (SSSR count). The maximum Gasteiger partial charge on any atom is 0.348 e. The SMILES string of the molecule is C=C(CCC(C)C)COC(=O)[C@H]1C/C=C\C[C@@H]2O[C@H](/C=C/C/C=C\C(C)=C\[C@H]3O[C@@H](C/C=C/C=C/C(=O)O1)C[C@H](O)[C@H]3C)C[C@@H](O)[C@@]2(C)CO. The van der Waals surface area contributed by atoms with Crippen molar-refractivity contribution >= 4 is 11.9 Å². The van der Waals surface area contributed by atoms with E-state index in [1.54, 1.807) is 25.2 Å². The second kappa shape index (κ2) is 20.7. The molecule has 3 aliphatic rings. The summed E-state index contributed by atoms with van der Waals surface area (Å²) < 4.78 is 23.7. The minimum absolute atomic E-state index is 0.0438. The van der Waals surface area contributed by atoms with Crippen molar-refractivity contribution in [3.8, 4) is 0 Å². The van der Waals surface area contributed by atoms with Crippen LogP contribution in [0.3, 0.4) is 0 Å². The number of ether oxygens (including phenoxy) is 4. The first-order chi connectivity index (χ1) is 23.8. The van der Waals surface area contributed by atoms with Crippen molar-refractivity contribution in [3.63, 3.8) is 0 Å². The summed E-state index contributed by atoms with van der Waals surface area (Å²) >= 11 is 0. The summed E-state index contributed by atoms with van der Waals surface area (Å²) in [6, 6.07) is 0. The number of esters is 2. The van der Waals surface area contributed by atoms with Crippen LogP contribution in [0.25, 0.3) is 0 Å². The molecular formula is C41H60O9. The number of hydrogen-bond donors (Lipinski definition) is 3. The van der Waals surface area contributed by atoms with Gasteiger partial charge in [-0.3, -0.25) is 0 Å². The topological polar surface area (TPSA) is 132 Å². The standard InChI is InChI=1S/C41H60O9/c1-28(2)21-22-30(4)26-47-40(46)35-18-13-14-19-38-41(6,27-42)37(44)25-33(49-38)17-10-7-9-15-29(3)23-36-31(5)34(43)24-32(48-36)16-11-8-12-20-39(45)50-35/h8-15,17,20,23,28,31-38,42-44H,4,7,16,18-19,21-22,24-27H2,1-3,5-6H3/b11-8+,14-13-,15-9-,17-10+,20-12+,29-23+/t31-,32+,33-,34+,35-,36-,37-,38+,41-/m1/s1. The van der Waals surface area contributed by atoms with Crippen molar-refractivity contribution in [1.82, 2.24) is 0 Å². The summed E-state index contributed by atoms with van der Waals surface area (Å²) in [7, 11) is 0.